The lowest BCUT2D eigenvalue weighted by atomic mass is 9.93. The predicted octanol–water partition coefficient (Wildman–Crippen LogP) is 1.12. The Labute approximate surface area is 128 Å². The average Bonchev–Trinajstić information content (AvgIpc) is 2.51. The molecule has 0 aromatic heterocycles. The first-order valence-electron chi connectivity index (χ1n) is 7.12. The number of Topliss-reactive ketones (excluding diaryl/α,β-unsaturated/α-hetero) is 1. The maximum atomic E-state index is 12.2. The number of unbranched alkanes of at least 4 members (excludes halogenated alkanes) is 1. The summed E-state index contributed by atoms with van der Waals surface area (Å²) < 4.78 is 0. The summed E-state index contributed by atoms with van der Waals surface area (Å²) in [4.78, 5) is 34.8. The summed E-state index contributed by atoms with van der Waals surface area (Å²) in [6, 6.07) is 5.86. The highest BCUT2D eigenvalue weighted by Crippen LogP contribution is 2.19. The molecule has 0 heterocycles. The fraction of sp³-hybridized carbons (Fsp3) is 0.312. The number of carbonyl (C=O) groups is 3. The molecule has 0 saturated heterocycles. The van der Waals surface area contributed by atoms with Gasteiger partial charge in [0.05, 0.1) is 5.70 Å². The van der Waals surface area contributed by atoms with Gasteiger partial charge in [-0.15, -0.1) is 0 Å². The molecule has 2 rings (SSSR count). The van der Waals surface area contributed by atoms with Gasteiger partial charge in [-0.2, -0.15) is 0 Å². The van der Waals surface area contributed by atoms with Crippen molar-refractivity contribution in [1.82, 2.24) is 5.32 Å². The Morgan fingerprint density at radius 2 is 1.86 bits per heavy atom. The number of hydrogen-bond acceptors (Lipinski definition) is 5. The predicted molar refractivity (Wildman–Crippen MR) is 80.7 cm³/mol. The first-order valence-corrected chi connectivity index (χ1v) is 7.12. The van der Waals surface area contributed by atoms with E-state index in [-0.39, 0.29) is 17.3 Å². The molecule has 6 heteroatoms. The lowest BCUT2D eigenvalue weighted by Crippen LogP contribution is -2.30. The quantitative estimate of drug-likeness (QED) is 0.651. The van der Waals surface area contributed by atoms with Crippen LogP contribution in [0, 0.1) is 0 Å². The van der Waals surface area contributed by atoms with E-state index in [1.807, 2.05) is 0 Å². The van der Waals surface area contributed by atoms with Crippen molar-refractivity contribution in [2.45, 2.75) is 25.3 Å². The van der Waals surface area contributed by atoms with E-state index in [1.165, 1.54) is 6.08 Å². The molecule has 1 aromatic rings. The number of fused-ring (bicyclic) bond motifs is 1. The highest BCUT2D eigenvalue weighted by molar-refractivity contribution is 6.24. The van der Waals surface area contributed by atoms with Gasteiger partial charge in [-0.05, 0) is 19.3 Å². The van der Waals surface area contributed by atoms with Crippen LogP contribution in [-0.2, 0) is 4.79 Å². The number of carboxylic acid groups (broad SMARTS) is 1. The number of allylic oxidation sites excluding steroid dienone is 2. The molecule has 0 fully saturated rings. The van der Waals surface area contributed by atoms with Gasteiger partial charge >= 0.3 is 5.97 Å². The van der Waals surface area contributed by atoms with E-state index in [4.69, 9.17) is 10.8 Å². The van der Waals surface area contributed by atoms with E-state index < -0.39 is 12.0 Å². The molecule has 22 heavy (non-hydrogen) atoms. The summed E-state index contributed by atoms with van der Waals surface area (Å²) in [6.07, 6.45) is 2.99. The minimum absolute atomic E-state index is 0.189. The second-order valence-corrected chi connectivity index (χ2v) is 5.16. The van der Waals surface area contributed by atoms with Crippen LogP contribution >= 0.6 is 0 Å². The van der Waals surface area contributed by atoms with Crippen LogP contribution in [0.25, 0.3) is 0 Å². The fourth-order valence-corrected chi connectivity index (χ4v) is 2.28. The van der Waals surface area contributed by atoms with Crippen molar-refractivity contribution < 1.29 is 19.5 Å². The van der Waals surface area contributed by atoms with Crippen molar-refractivity contribution in [3.8, 4) is 0 Å². The second kappa shape index (κ2) is 7.00. The third kappa shape index (κ3) is 3.59. The van der Waals surface area contributed by atoms with Crippen molar-refractivity contribution >= 4 is 17.5 Å². The Hall–Kier alpha value is -2.47. The van der Waals surface area contributed by atoms with E-state index >= 15 is 0 Å². The molecule has 1 atom stereocenters. The zero-order valence-electron chi connectivity index (χ0n) is 12.0. The SMILES string of the molecule is N[C@@H](CCCCNC1=CC(=O)c2ccccc2C1=O)C(=O)O. The average molecular weight is 302 g/mol. The third-order valence-corrected chi connectivity index (χ3v) is 3.53. The minimum atomic E-state index is -1.01. The lowest BCUT2D eigenvalue weighted by molar-refractivity contribution is -0.138. The Kier molecular flexibility index (Phi) is 5.06. The molecule has 1 aliphatic rings. The standard InChI is InChI=1S/C16H18N2O4/c17-12(16(21)22)7-3-4-8-18-13-9-14(19)10-5-1-2-6-11(10)15(13)20/h1-2,5-6,9,12,18H,3-4,7-8,17H2,(H,21,22)/t12-/m0/s1. The van der Waals surface area contributed by atoms with Gasteiger partial charge in [-0.25, -0.2) is 0 Å². The first kappa shape index (κ1) is 15.9. The number of carboxylic acids is 1. The van der Waals surface area contributed by atoms with Gasteiger partial charge in [0.25, 0.3) is 0 Å². The van der Waals surface area contributed by atoms with Crippen LogP contribution in [0.15, 0.2) is 36.0 Å². The van der Waals surface area contributed by atoms with Gasteiger partial charge in [-0.3, -0.25) is 14.4 Å². The zero-order valence-corrected chi connectivity index (χ0v) is 12.0. The topological polar surface area (TPSA) is 109 Å². The largest absolute Gasteiger partial charge is 0.480 e. The van der Waals surface area contributed by atoms with Gasteiger partial charge in [0, 0.05) is 23.7 Å². The molecule has 116 valence electrons. The van der Waals surface area contributed by atoms with Crippen molar-refractivity contribution in [2.24, 2.45) is 5.73 Å². The van der Waals surface area contributed by atoms with E-state index in [2.05, 4.69) is 5.32 Å². The van der Waals surface area contributed by atoms with Crippen LogP contribution in [0.3, 0.4) is 0 Å². The monoisotopic (exact) mass is 302 g/mol. The van der Waals surface area contributed by atoms with Crippen molar-refractivity contribution in [3.05, 3.63) is 47.2 Å². The summed E-state index contributed by atoms with van der Waals surface area (Å²) in [7, 11) is 0. The number of benzene rings is 1. The van der Waals surface area contributed by atoms with Crippen LogP contribution in [0.2, 0.25) is 0 Å². The van der Waals surface area contributed by atoms with Crippen LogP contribution < -0.4 is 11.1 Å². The van der Waals surface area contributed by atoms with Gasteiger partial charge in [0.2, 0.25) is 5.78 Å². The molecule has 0 radical (unpaired) electrons. The molecule has 0 spiro atoms. The number of aliphatic carboxylic acids is 1. The van der Waals surface area contributed by atoms with E-state index in [9.17, 15) is 14.4 Å². The maximum absolute atomic E-state index is 12.2. The molecule has 0 amide bonds. The van der Waals surface area contributed by atoms with Gasteiger partial charge in [0.15, 0.2) is 5.78 Å². The summed E-state index contributed by atoms with van der Waals surface area (Å²) in [5, 5.41) is 11.6. The number of nitrogens with two attached hydrogens (primary N) is 1. The Balaban J connectivity index is 1.86. The molecule has 0 unspecified atom stereocenters. The molecule has 4 N–H and O–H groups in total. The number of carbonyl (C=O) groups excluding carboxylic acids is 2. The first-order chi connectivity index (χ1) is 10.5. The number of rotatable bonds is 7. The van der Waals surface area contributed by atoms with E-state index in [0.717, 1.165) is 0 Å². The highest BCUT2D eigenvalue weighted by Gasteiger charge is 2.24. The third-order valence-electron chi connectivity index (χ3n) is 3.53. The van der Waals surface area contributed by atoms with Gasteiger partial charge in [-0.1, -0.05) is 24.3 Å². The minimum Gasteiger partial charge on any atom is -0.480 e. The lowest BCUT2D eigenvalue weighted by Gasteiger charge is -2.16. The summed E-state index contributed by atoms with van der Waals surface area (Å²) >= 11 is 0. The summed E-state index contributed by atoms with van der Waals surface area (Å²) in [5.41, 5.74) is 6.52. The van der Waals surface area contributed by atoms with Crippen molar-refractivity contribution in [3.63, 3.8) is 0 Å². The van der Waals surface area contributed by atoms with Crippen molar-refractivity contribution in [2.75, 3.05) is 6.54 Å². The molecule has 1 aromatic carbocycles. The van der Waals surface area contributed by atoms with Crippen LogP contribution in [0.5, 0.6) is 0 Å². The van der Waals surface area contributed by atoms with E-state index in [1.54, 1.807) is 24.3 Å². The summed E-state index contributed by atoms with van der Waals surface area (Å²) in [5.74, 6) is -1.40. The molecule has 0 saturated carbocycles. The summed E-state index contributed by atoms with van der Waals surface area (Å²) in [6.45, 7) is 0.485. The second-order valence-electron chi connectivity index (χ2n) is 5.16. The molecule has 0 aliphatic heterocycles. The van der Waals surface area contributed by atoms with Crippen molar-refractivity contribution in [1.29, 1.82) is 0 Å². The molecule has 6 nitrogen and oxygen atoms in total. The van der Waals surface area contributed by atoms with Crippen LogP contribution in [-0.4, -0.2) is 35.2 Å². The smallest absolute Gasteiger partial charge is 0.320 e. The Morgan fingerprint density at radius 3 is 2.55 bits per heavy atom. The van der Waals surface area contributed by atoms with Gasteiger partial charge < -0.3 is 16.2 Å². The Morgan fingerprint density at radius 1 is 1.18 bits per heavy atom. The number of nitrogens with one attached hydrogen (secondary N) is 1. The molecular weight excluding hydrogens is 284 g/mol. The van der Waals surface area contributed by atoms with Crippen LogP contribution in [0.4, 0.5) is 0 Å². The van der Waals surface area contributed by atoms with Gasteiger partial charge in [0.1, 0.15) is 6.04 Å². The number of ketones is 2. The molecule has 1 aliphatic carbocycles. The molecular formula is C16H18N2O4. The van der Waals surface area contributed by atoms with Crippen LogP contribution in [0.1, 0.15) is 40.0 Å². The molecule has 0 bridgehead atoms. The normalized spacial score (nSPS) is 15.0. The number of hydrogen-bond donors (Lipinski definition) is 3. The Bertz CT molecular complexity index is 637. The zero-order chi connectivity index (χ0) is 16.1. The maximum Gasteiger partial charge on any atom is 0.320 e. The fourth-order valence-electron chi connectivity index (χ4n) is 2.28. The highest BCUT2D eigenvalue weighted by atomic mass is 16.4. The van der Waals surface area contributed by atoms with E-state index in [0.29, 0.717) is 36.9 Å².